The average Bonchev–Trinajstić information content (AvgIpc) is 3.11. The summed E-state index contributed by atoms with van der Waals surface area (Å²) in [6, 6.07) is 4.30. The zero-order valence-electron chi connectivity index (χ0n) is 16.1. The molecular formula is C18H24Cl2N4O3S. The fourth-order valence-electron chi connectivity index (χ4n) is 3.14. The minimum absolute atomic E-state index is 0.0664. The Morgan fingerprint density at radius 1 is 1.07 bits per heavy atom. The van der Waals surface area contributed by atoms with Gasteiger partial charge in [0.25, 0.3) is 0 Å². The van der Waals surface area contributed by atoms with Crippen LogP contribution in [0.5, 0.6) is 0 Å². The molecule has 10 heteroatoms. The van der Waals surface area contributed by atoms with Gasteiger partial charge in [-0.2, -0.15) is 4.31 Å². The van der Waals surface area contributed by atoms with Crippen LogP contribution in [0.3, 0.4) is 0 Å². The Hall–Kier alpha value is -1.19. The Kier molecular flexibility index (Phi) is 6.66. The summed E-state index contributed by atoms with van der Waals surface area (Å²) in [6.45, 7) is 8.09. The lowest BCUT2D eigenvalue weighted by atomic mass is 10.1. The highest BCUT2D eigenvalue weighted by atomic mass is 35.5. The smallest absolute Gasteiger partial charge is 0.243 e. The lowest BCUT2D eigenvalue weighted by molar-refractivity contribution is 0.128. The number of halogens is 2. The molecule has 1 aromatic carbocycles. The van der Waals surface area contributed by atoms with Crippen molar-refractivity contribution in [1.82, 2.24) is 19.4 Å². The van der Waals surface area contributed by atoms with Crippen molar-refractivity contribution in [3.05, 3.63) is 40.0 Å². The Labute approximate surface area is 175 Å². The van der Waals surface area contributed by atoms with Crippen LogP contribution in [0.2, 0.25) is 10.0 Å². The van der Waals surface area contributed by atoms with Crippen LogP contribution in [0.4, 0.5) is 0 Å². The highest BCUT2D eigenvalue weighted by molar-refractivity contribution is 7.89. The molecule has 1 aromatic heterocycles. The van der Waals surface area contributed by atoms with E-state index in [1.54, 1.807) is 0 Å². The number of aromatic nitrogens is 2. The van der Waals surface area contributed by atoms with Crippen molar-refractivity contribution in [3.8, 4) is 0 Å². The van der Waals surface area contributed by atoms with E-state index in [0.717, 1.165) is 6.42 Å². The van der Waals surface area contributed by atoms with Crippen LogP contribution in [0, 0.1) is 5.92 Å². The van der Waals surface area contributed by atoms with E-state index in [0.29, 0.717) is 48.9 Å². The van der Waals surface area contributed by atoms with E-state index in [4.69, 9.17) is 27.6 Å². The Balaban J connectivity index is 1.64. The van der Waals surface area contributed by atoms with Crippen LogP contribution in [0.25, 0.3) is 0 Å². The highest BCUT2D eigenvalue weighted by Crippen LogP contribution is 2.28. The quantitative estimate of drug-likeness (QED) is 0.673. The maximum atomic E-state index is 12.9. The summed E-state index contributed by atoms with van der Waals surface area (Å²) < 4.78 is 33.0. The topological polar surface area (TPSA) is 79.5 Å². The van der Waals surface area contributed by atoms with Crippen molar-refractivity contribution < 1.29 is 12.8 Å². The molecule has 2 heterocycles. The molecule has 0 amide bonds. The molecule has 1 atom stereocenters. The summed E-state index contributed by atoms with van der Waals surface area (Å²) in [4.78, 5) is 2.30. The van der Waals surface area contributed by atoms with Gasteiger partial charge in [-0.3, -0.25) is 4.90 Å². The number of hydrogen-bond donors (Lipinski definition) is 0. The molecule has 0 radical (unpaired) electrons. The molecular weight excluding hydrogens is 423 g/mol. The van der Waals surface area contributed by atoms with Crippen molar-refractivity contribution in [1.29, 1.82) is 0 Å². The molecule has 0 saturated carbocycles. The summed E-state index contributed by atoms with van der Waals surface area (Å²) in [5, 5.41) is 8.82. The van der Waals surface area contributed by atoms with E-state index in [9.17, 15) is 8.42 Å². The summed E-state index contributed by atoms with van der Waals surface area (Å²) >= 11 is 11.9. The summed E-state index contributed by atoms with van der Waals surface area (Å²) in [5.41, 5.74) is 0. The van der Waals surface area contributed by atoms with Gasteiger partial charge in [0, 0.05) is 32.6 Å². The predicted molar refractivity (Wildman–Crippen MR) is 108 cm³/mol. The van der Waals surface area contributed by atoms with Gasteiger partial charge in [0.1, 0.15) is 0 Å². The van der Waals surface area contributed by atoms with E-state index in [1.807, 2.05) is 6.92 Å². The van der Waals surface area contributed by atoms with E-state index < -0.39 is 10.0 Å². The van der Waals surface area contributed by atoms with Gasteiger partial charge in [-0.15, -0.1) is 10.2 Å². The van der Waals surface area contributed by atoms with Crippen LogP contribution in [-0.4, -0.2) is 54.0 Å². The second-order valence-electron chi connectivity index (χ2n) is 7.32. The lowest BCUT2D eigenvalue weighted by Crippen LogP contribution is -2.49. The third kappa shape index (κ3) is 4.68. The molecule has 1 saturated heterocycles. The SMILES string of the molecule is CC(C)Cc1nnc(C(C)N2CCN(S(=O)(=O)c3ccc(Cl)c(Cl)c3)CC2)o1. The molecule has 1 aliphatic rings. The third-order valence-electron chi connectivity index (χ3n) is 4.77. The van der Waals surface area contributed by atoms with E-state index in [-0.39, 0.29) is 16.0 Å². The molecule has 1 aliphatic heterocycles. The van der Waals surface area contributed by atoms with Gasteiger partial charge < -0.3 is 4.42 Å². The van der Waals surface area contributed by atoms with E-state index >= 15 is 0 Å². The van der Waals surface area contributed by atoms with Gasteiger partial charge in [-0.25, -0.2) is 8.42 Å². The average molecular weight is 447 g/mol. The summed E-state index contributed by atoms with van der Waals surface area (Å²) in [6.07, 6.45) is 0.745. The maximum Gasteiger partial charge on any atom is 0.243 e. The molecule has 154 valence electrons. The normalized spacial score (nSPS) is 17.9. The van der Waals surface area contributed by atoms with Crippen molar-refractivity contribution in [3.63, 3.8) is 0 Å². The van der Waals surface area contributed by atoms with Crippen LogP contribution in [0.1, 0.15) is 38.6 Å². The second kappa shape index (κ2) is 8.67. The predicted octanol–water partition coefficient (Wildman–Crippen LogP) is 3.64. The van der Waals surface area contributed by atoms with Gasteiger partial charge in [-0.05, 0) is 31.0 Å². The van der Waals surface area contributed by atoms with Gasteiger partial charge >= 0.3 is 0 Å². The first-order chi connectivity index (χ1) is 13.2. The molecule has 0 bridgehead atoms. The van der Waals surface area contributed by atoms with Crippen molar-refractivity contribution in [2.75, 3.05) is 26.2 Å². The zero-order chi connectivity index (χ0) is 20.5. The Bertz CT molecular complexity index is 925. The maximum absolute atomic E-state index is 12.9. The monoisotopic (exact) mass is 446 g/mol. The van der Waals surface area contributed by atoms with Gasteiger partial charge in [-0.1, -0.05) is 37.0 Å². The fourth-order valence-corrected chi connectivity index (χ4v) is 4.95. The molecule has 28 heavy (non-hydrogen) atoms. The number of hydrogen-bond acceptors (Lipinski definition) is 6. The van der Waals surface area contributed by atoms with Crippen LogP contribution >= 0.6 is 23.2 Å². The number of benzene rings is 1. The first-order valence-corrected chi connectivity index (χ1v) is 11.4. The largest absolute Gasteiger partial charge is 0.424 e. The number of sulfonamides is 1. The van der Waals surface area contributed by atoms with E-state index in [1.165, 1.54) is 22.5 Å². The molecule has 7 nitrogen and oxygen atoms in total. The van der Waals surface area contributed by atoms with Gasteiger partial charge in [0.15, 0.2) is 0 Å². The molecule has 1 fully saturated rings. The van der Waals surface area contributed by atoms with Crippen molar-refractivity contribution >= 4 is 33.2 Å². The van der Waals surface area contributed by atoms with E-state index in [2.05, 4.69) is 28.9 Å². The first-order valence-electron chi connectivity index (χ1n) is 9.20. The first kappa shape index (κ1) is 21.5. The highest BCUT2D eigenvalue weighted by Gasteiger charge is 2.32. The molecule has 3 rings (SSSR count). The summed E-state index contributed by atoms with van der Waals surface area (Å²) in [7, 11) is -3.61. The van der Waals surface area contributed by atoms with Crippen molar-refractivity contribution in [2.24, 2.45) is 5.92 Å². The number of piperazine rings is 1. The van der Waals surface area contributed by atoms with Crippen molar-refractivity contribution in [2.45, 2.75) is 38.1 Å². The lowest BCUT2D eigenvalue weighted by Gasteiger charge is -2.36. The Morgan fingerprint density at radius 3 is 2.36 bits per heavy atom. The van der Waals surface area contributed by atoms with Crippen LogP contribution in [-0.2, 0) is 16.4 Å². The molecule has 2 aromatic rings. The minimum Gasteiger partial charge on any atom is -0.424 e. The molecule has 0 N–H and O–H groups in total. The van der Waals surface area contributed by atoms with Crippen LogP contribution < -0.4 is 0 Å². The Morgan fingerprint density at radius 2 is 1.75 bits per heavy atom. The number of rotatable bonds is 6. The standard InChI is InChI=1S/C18H24Cl2N4O3S/c1-12(2)10-17-21-22-18(27-17)13(3)23-6-8-24(9-7-23)28(25,26)14-4-5-15(19)16(20)11-14/h4-5,11-13H,6-10H2,1-3H3. The number of nitrogens with zero attached hydrogens (tertiary/aromatic N) is 4. The summed E-state index contributed by atoms with van der Waals surface area (Å²) in [5.74, 6) is 1.65. The van der Waals surface area contributed by atoms with Gasteiger partial charge in [0.05, 0.1) is 21.0 Å². The molecule has 1 unspecified atom stereocenters. The fraction of sp³-hybridized carbons (Fsp3) is 0.556. The second-order valence-corrected chi connectivity index (χ2v) is 10.1. The zero-order valence-corrected chi connectivity index (χ0v) is 18.4. The minimum atomic E-state index is -3.61. The molecule has 0 spiro atoms. The van der Waals surface area contributed by atoms with Crippen LogP contribution in [0.15, 0.2) is 27.5 Å². The molecule has 0 aliphatic carbocycles. The third-order valence-corrected chi connectivity index (χ3v) is 7.41. The van der Waals surface area contributed by atoms with Gasteiger partial charge in [0.2, 0.25) is 21.8 Å².